The number of alkyl halides is 3. The summed E-state index contributed by atoms with van der Waals surface area (Å²) in [6.07, 6.45) is -3.23. The maximum absolute atomic E-state index is 14.3. The third kappa shape index (κ3) is 6.45. The van der Waals surface area contributed by atoms with Gasteiger partial charge in [0.05, 0.1) is 18.6 Å². The number of urea groups is 2. The number of carbonyl (C=O) groups excluding carboxylic acids is 3. The maximum Gasteiger partial charge on any atom is 0.573 e. The molecule has 9 nitrogen and oxygen atoms in total. The van der Waals surface area contributed by atoms with Gasteiger partial charge in [-0.3, -0.25) is 4.79 Å². The lowest BCUT2D eigenvalue weighted by Crippen LogP contribution is -2.61. The molecule has 0 radical (unpaired) electrons. The van der Waals surface area contributed by atoms with Crippen molar-refractivity contribution in [2.24, 2.45) is 5.41 Å². The number of amides is 4. The summed E-state index contributed by atoms with van der Waals surface area (Å²) < 4.78 is 59.9. The SMILES string of the molecule is CNC(=O)N1CC(N(C(=O)NCc2ccc(OC(F)(F)F)cc2F)C2CC2)CC(C)(C(=O)OC)C1. The minimum Gasteiger partial charge on any atom is -0.469 e. The molecule has 0 bridgehead atoms. The molecule has 2 atom stereocenters. The van der Waals surface area contributed by atoms with Gasteiger partial charge in [0.15, 0.2) is 0 Å². The van der Waals surface area contributed by atoms with Gasteiger partial charge in [-0.05, 0) is 32.3 Å². The van der Waals surface area contributed by atoms with Crippen molar-refractivity contribution in [1.82, 2.24) is 20.4 Å². The van der Waals surface area contributed by atoms with Crippen molar-refractivity contribution >= 4 is 18.0 Å². The maximum atomic E-state index is 14.3. The Morgan fingerprint density at radius 1 is 1.23 bits per heavy atom. The molecule has 194 valence electrons. The van der Waals surface area contributed by atoms with Crippen LogP contribution in [0.1, 0.15) is 31.7 Å². The molecule has 1 saturated heterocycles. The molecule has 1 heterocycles. The van der Waals surface area contributed by atoms with Crippen LogP contribution in [-0.4, -0.2) is 73.5 Å². The Morgan fingerprint density at radius 2 is 1.91 bits per heavy atom. The molecule has 2 fully saturated rings. The van der Waals surface area contributed by atoms with Crippen LogP contribution < -0.4 is 15.4 Å². The number of nitrogens with zero attached hydrogens (tertiary/aromatic N) is 2. The van der Waals surface area contributed by atoms with Crippen molar-refractivity contribution < 1.29 is 41.4 Å². The van der Waals surface area contributed by atoms with Crippen LogP contribution in [-0.2, 0) is 16.1 Å². The van der Waals surface area contributed by atoms with Crippen molar-refractivity contribution in [1.29, 1.82) is 0 Å². The van der Waals surface area contributed by atoms with Crippen molar-refractivity contribution in [2.45, 2.75) is 51.2 Å². The highest BCUT2D eigenvalue weighted by Crippen LogP contribution is 2.38. The van der Waals surface area contributed by atoms with Crippen LogP contribution in [0.5, 0.6) is 5.75 Å². The molecule has 2 N–H and O–H groups in total. The van der Waals surface area contributed by atoms with Gasteiger partial charge < -0.3 is 29.9 Å². The fourth-order valence-electron chi connectivity index (χ4n) is 4.40. The molecule has 1 aliphatic heterocycles. The van der Waals surface area contributed by atoms with Crippen LogP contribution in [0, 0.1) is 11.2 Å². The Kier molecular flexibility index (Phi) is 7.65. The first-order valence-corrected chi connectivity index (χ1v) is 11.0. The average Bonchev–Trinajstić information content (AvgIpc) is 3.61. The molecule has 13 heteroatoms. The molecular formula is C22H28F4N4O5. The number of hydrogen-bond acceptors (Lipinski definition) is 5. The van der Waals surface area contributed by atoms with E-state index in [0.717, 1.165) is 25.0 Å². The number of ether oxygens (including phenoxy) is 2. The van der Waals surface area contributed by atoms with E-state index in [1.54, 1.807) is 11.8 Å². The second kappa shape index (κ2) is 10.2. The third-order valence-corrected chi connectivity index (χ3v) is 6.09. The monoisotopic (exact) mass is 504 g/mol. The molecule has 0 aromatic heterocycles. The molecule has 4 amide bonds. The summed E-state index contributed by atoms with van der Waals surface area (Å²) in [4.78, 5) is 41.0. The van der Waals surface area contributed by atoms with E-state index in [9.17, 15) is 31.9 Å². The van der Waals surface area contributed by atoms with Crippen LogP contribution in [0.15, 0.2) is 18.2 Å². The number of methoxy groups -OCH3 is 1. The van der Waals surface area contributed by atoms with Gasteiger partial charge >= 0.3 is 24.4 Å². The first kappa shape index (κ1) is 26.4. The average molecular weight is 504 g/mol. The predicted molar refractivity (Wildman–Crippen MR) is 115 cm³/mol. The Hall–Kier alpha value is -3.25. The van der Waals surface area contributed by atoms with Crippen LogP contribution in [0.3, 0.4) is 0 Å². The number of carbonyl (C=O) groups is 3. The van der Waals surface area contributed by atoms with Gasteiger partial charge in [0.25, 0.3) is 0 Å². The minimum absolute atomic E-state index is 0.0290. The molecule has 0 spiro atoms. The van der Waals surface area contributed by atoms with E-state index in [1.807, 2.05) is 0 Å². The molecule has 35 heavy (non-hydrogen) atoms. The van der Waals surface area contributed by atoms with Crippen molar-refractivity contribution in [3.05, 3.63) is 29.6 Å². The number of esters is 1. The van der Waals surface area contributed by atoms with Crippen LogP contribution in [0.25, 0.3) is 0 Å². The topological polar surface area (TPSA) is 100 Å². The fraction of sp³-hybridized carbons (Fsp3) is 0.591. The summed E-state index contributed by atoms with van der Waals surface area (Å²) in [5.41, 5.74) is -1.07. The first-order valence-electron chi connectivity index (χ1n) is 11.0. The highest BCUT2D eigenvalue weighted by atomic mass is 19.4. The molecule has 2 aliphatic rings. The zero-order valence-electron chi connectivity index (χ0n) is 19.6. The van der Waals surface area contributed by atoms with Crippen LogP contribution >= 0.6 is 0 Å². The van der Waals surface area contributed by atoms with Gasteiger partial charge in [-0.2, -0.15) is 0 Å². The number of nitrogens with one attached hydrogen (secondary N) is 2. The van der Waals surface area contributed by atoms with Gasteiger partial charge in [0, 0.05) is 44.4 Å². The zero-order valence-corrected chi connectivity index (χ0v) is 19.6. The van der Waals surface area contributed by atoms with Crippen LogP contribution in [0.2, 0.25) is 0 Å². The summed E-state index contributed by atoms with van der Waals surface area (Å²) in [5.74, 6) is -2.18. The molecule has 1 aromatic rings. The number of benzene rings is 1. The van der Waals surface area contributed by atoms with Crippen molar-refractivity contribution in [2.75, 3.05) is 27.2 Å². The van der Waals surface area contributed by atoms with Gasteiger partial charge in [0.2, 0.25) is 0 Å². The van der Waals surface area contributed by atoms with E-state index < -0.39 is 47.4 Å². The van der Waals surface area contributed by atoms with Gasteiger partial charge in [-0.15, -0.1) is 13.2 Å². The lowest BCUT2D eigenvalue weighted by Gasteiger charge is -2.46. The second-order valence-electron chi connectivity index (χ2n) is 8.94. The van der Waals surface area contributed by atoms with E-state index in [1.165, 1.54) is 19.1 Å². The normalized spacial score (nSPS) is 22.3. The molecule has 3 rings (SSSR count). The number of likely N-dealkylation sites (tertiary alicyclic amines) is 1. The number of piperidine rings is 1. The Balaban J connectivity index is 1.74. The quantitative estimate of drug-likeness (QED) is 0.459. The van der Waals surface area contributed by atoms with E-state index >= 15 is 0 Å². The molecule has 2 unspecified atom stereocenters. The molecule has 1 aromatic carbocycles. The summed E-state index contributed by atoms with van der Waals surface area (Å²) >= 11 is 0. The summed E-state index contributed by atoms with van der Waals surface area (Å²) in [5, 5.41) is 5.13. The van der Waals surface area contributed by atoms with Gasteiger partial charge in [0.1, 0.15) is 11.6 Å². The van der Waals surface area contributed by atoms with Gasteiger partial charge in [-0.25, -0.2) is 14.0 Å². The minimum atomic E-state index is -4.95. The Morgan fingerprint density at radius 3 is 2.46 bits per heavy atom. The Bertz CT molecular complexity index is 972. The van der Waals surface area contributed by atoms with E-state index in [0.29, 0.717) is 6.07 Å². The third-order valence-electron chi connectivity index (χ3n) is 6.09. The first-order chi connectivity index (χ1) is 16.4. The Labute approximate surface area is 199 Å². The highest BCUT2D eigenvalue weighted by Gasteiger charge is 2.49. The lowest BCUT2D eigenvalue weighted by atomic mass is 9.79. The predicted octanol–water partition coefficient (Wildman–Crippen LogP) is 2.99. The molecule has 1 aliphatic carbocycles. The standard InChI is InChI=1S/C22H28F4N4O5/c1-21(18(31)34-3)9-15(11-29(12-21)19(32)27-2)30(14-5-6-14)20(33)28-10-13-4-7-16(8-17(13)23)35-22(24,25)26/h4,7-8,14-15H,5-6,9-12H2,1-3H3,(H,27,32)(H,28,33). The lowest BCUT2D eigenvalue weighted by molar-refractivity contribution is -0.274. The summed E-state index contributed by atoms with van der Waals surface area (Å²) in [7, 11) is 2.72. The number of hydrogen-bond donors (Lipinski definition) is 2. The molecular weight excluding hydrogens is 476 g/mol. The zero-order chi connectivity index (χ0) is 26.0. The summed E-state index contributed by atoms with van der Waals surface area (Å²) in [6.45, 7) is 1.70. The van der Waals surface area contributed by atoms with E-state index in [-0.39, 0.29) is 37.7 Å². The largest absolute Gasteiger partial charge is 0.573 e. The van der Waals surface area contributed by atoms with E-state index in [4.69, 9.17) is 4.74 Å². The number of halogens is 4. The number of rotatable bonds is 6. The summed E-state index contributed by atoms with van der Waals surface area (Å²) in [6, 6.07) is 1.10. The second-order valence-corrected chi connectivity index (χ2v) is 8.94. The van der Waals surface area contributed by atoms with Crippen molar-refractivity contribution in [3.63, 3.8) is 0 Å². The smallest absolute Gasteiger partial charge is 0.469 e. The van der Waals surface area contributed by atoms with Crippen LogP contribution in [0.4, 0.5) is 27.2 Å². The van der Waals surface area contributed by atoms with Gasteiger partial charge in [-0.1, -0.05) is 6.07 Å². The van der Waals surface area contributed by atoms with Crippen molar-refractivity contribution in [3.8, 4) is 5.75 Å². The highest BCUT2D eigenvalue weighted by molar-refractivity contribution is 5.80. The fourth-order valence-corrected chi connectivity index (χ4v) is 4.40. The van der Waals surface area contributed by atoms with E-state index in [2.05, 4.69) is 15.4 Å². The molecule has 1 saturated carbocycles.